The molecule has 0 bridgehead atoms. The Morgan fingerprint density at radius 2 is 2.00 bits per heavy atom. The quantitative estimate of drug-likeness (QED) is 0.660. The van der Waals surface area contributed by atoms with Crippen molar-refractivity contribution in [3.8, 4) is 0 Å². The summed E-state index contributed by atoms with van der Waals surface area (Å²) in [7, 11) is 0. The molecule has 0 heterocycles. The van der Waals surface area contributed by atoms with Gasteiger partial charge in [0, 0.05) is 12.6 Å². The molecule has 3 nitrogen and oxygen atoms in total. The molecule has 1 unspecified atom stereocenters. The first kappa shape index (κ1) is 13.9. The van der Waals surface area contributed by atoms with Gasteiger partial charge in [0.25, 0.3) is 0 Å². The second kappa shape index (κ2) is 5.99. The van der Waals surface area contributed by atoms with E-state index in [1.165, 1.54) is 12.8 Å². The summed E-state index contributed by atoms with van der Waals surface area (Å²) >= 11 is 0. The van der Waals surface area contributed by atoms with Crippen LogP contribution >= 0.6 is 0 Å². The Bertz CT molecular complexity index is 204. The largest absolute Gasteiger partial charge is 0.394 e. The van der Waals surface area contributed by atoms with Crippen LogP contribution in [0.5, 0.6) is 0 Å². The molecule has 1 saturated carbocycles. The van der Waals surface area contributed by atoms with Crippen LogP contribution in [0, 0.1) is 5.92 Å². The van der Waals surface area contributed by atoms with Gasteiger partial charge in [0.1, 0.15) is 0 Å². The van der Waals surface area contributed by atoms with E-state index in [1.807, 2.05) is 0 Å². The van der Waals surface area contributed by atoms with E-state index in [2.05, 4.69) is 37.9 Å². The van der Waals surface area contributed by atoms with Gasteiger partial charge >= 0.3 is 0 Å². The number of rotatable bonds is 8. The minimum atomic E-state index is -0.0605. The van der Waals surface area contributed by atoms with Gasteiger partial charge in [-0.05, 0) is 45.7 Å². The molecule has 0 spiro atoms. The molecule has 1 aliphatic carbocycles. The van der Waals surface area contributed by atoms with Crippen LogP contribution in [0.25, 0.3) is 0 Å². The molecule has 3 heteroatoms. The van der Waals surface area contributed by atoms with Crippen LogP contribution in [0.1, 0.15) is 40.5 Å². The highest BCUT2D eigenvalue weighted by Crippen LogP contribution is 2.40. The Morgan fingerprint density at radius 1 is 1.38 bits per heavy atom. The summed E-state index contributed by atoms with van der Waals surface area (Å²) in [4.78, 5) is 2.44. The van der Waals surface area contributed by atoms with Crippen LogP contribution in [0.3, 0.4) is 0 Å². The Kier molecular flexibility index (Phi) is 5.22. The fourth-order valence-electron chi connectivity index (χ4n) is 2.57. The third-order valence-electron chi connectivity index (χ3n) is 3.79. The van der Waals surface area contributed by atoms with Crippen LogP contribution in [0.2, 0.25) is 0 Å². The summed E-state index contributed by atoms with van der Waals surface area (Å²) in [5.74, 6) is 0.672. The van der Waals surface area contributed by atoms with Crippen molar-refractivity contribution >= 4 is 0 Å². The van der Waals surface area contributed by atoms with Gasteiger partial charge in [-0.25, -0.2) is 0 Å². The molecule has 2 N–H and O–H groups in total. The number of likely N-dealkylation sites (N-methyl/N-ethyl adjacent to an activating group) is 2. The maximum absolute atomic E-state index is 9.76. The van der Waals surface area contributed by atoms with Crippen LogP contribution in [0.15, 0.2) is 0 Å². The number of nitrogens with zero attached hydrogens (tertiary/aromatic N) is 1. The van der Waals surface area contributed by atoms with E-state index in [0.29, 0.717) is 12.0 Å². The molecule has 1 fully saturated rings. The normalized spacial score (nSPS) is 20.4. The molecule has 1 rings (SSSR count). The molecular formula is C13H28N2O. The molecule has 96 valence electrons. The van der Waals surface area contributed by atoms with E-state index in [-0.39, 0.29) is 12.1 Å². The van der Waals surface area contributed by atoms with Crippen molar-refractivity contribution in [1.82, 2.24) is 10.2 Å². The standard InChI is InChI=1S/C13H28N2O/c1-5-14-13(10-16,12-7-8-12)9-15(6-2)11(3)4/h11-12,14,16H,5-10H2,1-4H3. The predicted octanol–water partition coefficient (Wildman–Crippen LogP) is 1.47. The number of nitrogens with one attached hydrogen (secondary N) is 1. The first-order chi connectivity index (χ1) is 7.59. The van der Waals surface area contributed by atoms with Gasteiger partial charge in [-0.2, -0.15) is 0 Å². The number of aliphatic hydroxyl groups excluding tert-OH is 1. The number of hydrogen-bond acceptors (Lipinski definition) is 3. The highest BCUT2D eigenvalue weighted by atomic mass is 16.3. The molecule has 0 amide bonds. The minimum Gasteiger partial charge on any atom is -0.394 e. The van der Waals surface area contributed by atoms with E-state index in [9.17, 15) is 5.11 Å². The van der Waals surface area contributed by atoms with Crippen LogP contribution < -0.4 is 5.32 Å². The van der Waals surface area contributed by atoms with Crippen molar-refractivity contribution in [2.24, 2.45) is 5.92 Å². The van der Waals surface area contributed by atoms with Gasteiger partial charge in [-0.15, -0.1) is 0 Å². The van der Waals surface area contributed by atoms with Gasteiger partial charge < -0.3 is 10.4 Å². The van der Waals surface area contributed by atoms with Crippen LogP contribution in [-0.4, -0.2) is 47.8 Å². The summed E-state index contributed by atoms with van der Waals surface area (Å²) in [5, 5.41) is 13.3. The summed E-state index contributed by atoms with van der Waals surface area (Å²) in [6.07, 6.45) is 2.53. The SMILES string of the molecule is CCNC(CO)(CN(CC)C(C)C)C1CC1. The fraction of sp³-hybridized carbons (Fsp3) is 1.00. The maximum atomic E-state index is 9.76. The molecule has 0 aliphatic heterocycles. The lowest BCUT2D eigenvalue weighted by Gasteiger charge is -2.39. The van der Waals surface area contributed by atoms with Gasteiger partial charge in [-0.3, -0.25) is 4.90 Å². The van der Waals surface area contributed by atoms with Crippen molar-refractivity contribution in [2.75, 3.05) is 26.2 Å². The third-order valence-corrected chi connectivity index (χ3v) is 3.79. The predicted molar refractivity (Wildman–Crippen MR) is 68.6 cm³/mol. The van der Waals surface area contributed by atoms with Crippen LogP contribution in [0.4, 0.5) is 0 Å². The first-order valence-corrected chi connectivity index (χ1v) is 6.69. The van der Waals surface area contributed by atoms with Gasteiger partial charge in [0.2, 0.25) is 0 Å². The van der Waals surface area contributed by atoms with E-state index in [1.54, 1.807) is 0 Å². The van der Waals surface area contributed by atoms with Crippen molar-refractivity contribution in [3.63, 3.8) is 0 Å². The fourth-order valence-corrected chi connectivity index (χ4v) is 2.57. The second-order valence-corrected chi connectivity index (χ2v) is 5.28. The lowest BCUT2D eigenvalue weighted by molar-refractivity contribution is 0.0808. The lowest BCUT2D eigenvalue weighted by Crippen LogP contribution is -2.59. The molecule has 0 aromatic carbocycles. The Balaban J connectivity index is 2.67. The molecule has 0 aromatic rings. The molecular weight excluding hydrogens is 200 g/mol. The van der Waals surface area contributed by atoms with Crippen molar-refractivity contribution in [1.29, 1.82) is 0 Å². The Morgan fingerprint density at radius 3 is 2.31 bits per heavy atom. The lowest BCUT2D eigenvalue weighted by atomic mass is 9.92. The highest BCUT2D eigenvalue weighted by Gasteiger charge is 2.45. The third kappa shape index (κ3) is 3.19. The van der Waals surface area contributed by atoms with E-state index >= 15 is 0 Å². The van der Waals surface area contributed by atoms with Crippen LogP contribution in [-0.2, 0) is 0 Å². The van der Waals surface area contributed by atoms with Crippen molar-refractivity contribution in [2.45, 2.75) is 52.1 Å². The zero-order chi connectivity index (χ0) is 12.2. The molecule has 1 aliphatic rings. The number of aliphatic hydroxyl groups is 1. The summed E-state index contributed by atoms with van der Waals surface area (Å²) in [5.41, 5.74) is -0.0605. The van der Waals surface area contributed by atoms with Gasteiger partial charge in [-0.1, -0.05) is 13.8 Å². The zero-order valence-electron chi connectivity index (χ0n) is 11.3. The summed E-state index contributed by atoms with van der Waals surface area (Å²) in [6.45, 7) is 12.0. The summed E-state index contributed by atoms with van der Waals surface area (Å²) in [6, 6.07) is 0.549. The molecule has 0 aromatic heterocycles. The smallest absolute Gasteiger partial charge is 0.0628 e. The maximum Gasteiger partial charge on any atom is 0.0628 e. The molecule has 0 radical (unpaired) electrons. The van der Waals surface area contributed by atoms with E-state index in [0.717, 1.165) is 19.6 Å². The minimum absolute atomic E-state index is 0.0605. The van der Waals surface area contributed by atoms with E-state index in [4.69, 9.17) is 0 Å². The average molecular weight is 228 g/mol. The highest BCUT2D eigenvalue weighted by molar-refractivity contribution is 5.02. The monoisotopic (exact) mass is 228 g/mol. The first-order valence-electron chi connectivity index (χ1n) is 6.69. The molecule has 16 heavy (non-hydrogen) atoms. The van der Waals surface area contributed by atoms with Crippen molar-refractivity contribution in [3.05, 3.63) is 0 Å². The van der Waals surface area contributed by atoms with Gasteiger partial charge in [0.15, 0.2) is 0 Å². The summed E-state index contributed by atoms with van der Waals surface area (Å²) < 4.78 is 0. The van der Waals surface area contributed by atoms with E-state index < -0.39 is 0 Å². The molecule has 1 atom stereocenters. The molecule has 0 saturated heterocycles. The zero-order valence-corrected chi connectivity index (χ0v) is 11.3. The topological polar surface area (TPSA) is 35.5 Å². The van der Waals surface area contributed by atoms with Crippen molar-refractivity contribution < 1.29 is 5.11 Å². The number of hydrogen-bond donors (Lipinski definition) is 2. The Labute approximate surface area is 100 Å². The average Bonchev–Trinajstić information content (AvgIpc) is 3.08. The Hall–Kier alpha value is -0.120. The van der Waals surface area contributed by atoms with Gasteiger partial charge in [0.05, 0.1) is 12.1 Å². The second-order valence-electron chi connectivity index (χ2n) is 5.28.